The van der Waals surface area contributed by atoms with E-state index in [1.54, 1.807) is 36.4 Å². The summed E-state index contributed by atoms with van der Waals surface area (Å²) in [5, 5.41) is 0. The second kappa shape index (κ2) is 8.95. The van der Waals surface area contributed by atoms with E-state index in [0.29, 0.717) is 24.0 Å². The number of benzene rings is 3. The Morgan fingerprint density at radius 2 is 1.52 bits per heavy atom. The first kappa shape index (κ1) is 20.6. The summed E-state index contributed by atoms with van der Waals surface area (Å²) in [5.41, 5.74) is 2.08. The van der Waals surface area contributed by atoms with E-state index in [0.717, 1.165) is 5.56 Å². The van der Waals surface area contributed by atoms with Gasteiger partial charge in [0, 0.05) is 5.56 Å². The molecule has 0 heterocycles. The highest BCUT2D eigenvalue weighted by molar-refractivity contribution is 5.65. The Morgan fingerprint density at radius 3 is 2.21 bits per heavy atom. The molecule has 150 valence electrons. The molecule has 0 atom stereocenters. The molecule has 3 rings (SSSR count). The molecule has 0 saturated carbocycles. The lowest BCUT2D eigenvalue weighted by Crippen LogP contribution is -2.00. The van der Waals surface area contributed by atoms with Crippen LogP contribution in [0.25, 0.3) is 11.1 Å². The Balaban J connectivity index is 1.74. The zero-order valence-electron chi connectivity index (χ0n) is 15.9. The third kappa shape index (κ3) is 4.50. The molecule has 3 aromatic rings. The van der Waals surface area contributed by atoms with Crippen LogP contribution in [0.4, 0.5) is 17.6 Å². The van der Waals surface area contributed by atoms with Gasteiger partial charge in [-0.2, -0.15) is 4.39 Å². The Kier molecular flexibility index (Phi) is 6.37. The molecule has 0 N–H and O–H groups in total. The lowest BCUT2D eigenvalue weighted by Gasteiger charge is -2.10. The number of hydrogen-bond donors (Lipinski definition) is 0. The van der Waals surface area contributed by atoms with Crippen LogP contribution < -0.4 is 4.74 Å². The molecule has 0 aliphatic carbocycles. The second-order valence-electron chi connectivity index (χ2n) is 6.71. The molecule has 0 radical (unpaired) electrons. The van der Waals surface area contributed by atoms with Crippen LogP contribution in [-0.2, 0) is 12.8 Å². The smallest absolute Gasteiger partial charge is 0.201 e. The predicted octanol–water partition coefficient (Wildman–Crippen LogP) is 6.57. The fraction of sp³-hybridized carbons (Fsp3) is 0.167. The molecule has 3 aromatic carbocycles. The largest absolute Gasteiger partial charge is 0.486 e. The zero-order chi connectivity index (χ0) is 21.0. The standard InChI is InChI=1S/C24H20F4O/c1-3-14-29-20-13-12-19(23(27)24(20)28)17-9-5-16(6-10-17)7-11-18-8-4-15(2)21(25)22(18)26/h3-6,8-10,12-13H,1,7,11,14H2,2H3. The van der Waals surface area contributed by atoms with Crippen molar-refractivity contribution in [1.29, 1.82) is 0 Å². The van der Waals surface area contributed by atoms with E-state index >= 15 is 0 Å². The summed E-state index contributed by atoms with van der Waals surface area (Å²) in [6.45, 7) is 5.06. The summed E-state index contributed by atoms with van der Waals surface area (Å²) < 4.78 is 61.3. The lowest BCUT2D eigenvalue weighted by molar-refractivity contribution is 0.333. The van der Waals surface area contributed by atoms with Crippen LogP contribution in [-0.4, -0.2) is 6.61 Å². The van der Waals surface area contributed by atoms with Gasteiger partial charge in [-0.3, -0.25) is 0 Å². The monoisotopic (exact) mass is 400 g/mol. The highest BCUT2D eigenvalue weighted by Gasteiger charge is 2.16. The summed E-state index contributed by atoms with van der Waals surface area (Å²) in [6, 6.07) is 12.8. The van der Waals surface area contributed by atoms with Gasteiger partial charge < -0.3 is 4.74 Å². The van der Waals surface area contributed by atoms with Gasteiger partial charge >= 0.3 is 0 Å². The molecule has 0 fully saturated rings. The number of aryl methyl sites for hydroxylation is 3. The second-order valence-corrected chi connectivity index (χ2v) is 6.71. The summed E-state index contributed by atoms with van der Waals surface area (Å²) in [4.78, 5) is 0. The molecule has 0 saturated heterocycles. The number of rotatable bonds is 7. The van der Waals surface area contributed by atoms with E-state index in [9.17, 15) is 17.6 Å². The number of ether oxygens (including phenoxy) is 1. The quantitative estimate of drug-likeness (QED) is 0.322. The predicted molar refractivity (Wildman–Crippen MR) is 106 cm³/mol. The first-order chi connectivity index (χ1) is 13.9. The fourth-order valence-electron chi connectivity index (χ4n) is 3.02. The van der Waals surface area contributed by atoms with E-state index in [-0.39, 0.29) is 23.5 Å². The van der Waals surface area contributed by atoms with E-state index in [2.05, 4.69) is 6.58 Å². The minimum absolute atomic E-state index is 0.0792. The van der Waals surface area contributed by atoms with Crippen LogP contribution in [0.1, 0.15) is 16.7 Å². The minimum atomic E-state index is -1.05. The maximum absolute atomic E-state index is 14.4. The molecule has 0 spiro atoms. The number of hydrogen-bond acceptors (Lipinski definition) is 1. The van der Waals surface area contributed by atoms with Crippen LogP contribution in [0.15, 0.2) is 61.2 Å². The molecule has 1 nitrogen and oxygen atoms in total. The molecule has 0 aromatic heterocycles. The SMILES string of the molecule is C=CCOc1ccc(-c2ccc(CCc3ccc(C)c(F)c3F)cc2)c(F)c1F. The summed E-state index contributed by atoms with van der Waals surface area (Å²) in [5.74, 6) is -3.86. The average molecular weight is 400 g/mol. The van der Waals surface area contributed by atoms with Gasteiger partial charge in [-0.25, -0.2) is 13.2 Å². The molecule has 0 aliphatic rings. The van der Waals surface area contributed by atoms with Gasteiger partial charge in [0.2, 0.25) is 5.82 Å². The van der Waals surface area contributed by atoms with Gasteiger partial charge in [0.25, 0.3) is 0 Å². The van der Waals surface area contributed by atoms with Crippen molar-refractivity contribution in [2.45, 2.75) is 19.8 Å². The molecule has 0 aliphatic heterocycles. The van der Waals surface area contributed by atoms with E-state index in [1.807, 2.05) is 0 Å². The van der Waals surface area contributed by atoms with Gasteiger partial charge in [-0.05, 0) is 54.2 Å². The maximum Gasteiger partial charge on any atom is 0.201 e. The summed E-state index contributed by atoms with van der Waals surface area (Å²) in [6.07, 6.45) is 2.27. The van der Waals surface area contributed by atoms with E-state index in [4.69, 9.17) is 4.74 Å². The summed E-state index contributed by atoms with van der Waals surface area (Å²) in [7, 11) is 0. The molecular formula is C24H20F4O. The Labute approximate surface area is 167 Å². The van der Waals surface area contributed by atoms with Crippen LogP contribution in [0.2, 0.25) is 0 Å². The van der Waals surface area contributed by atoms with Crippen molar-refractivity contribution in [1.82, 2.24) is 0 Å². The van der Waals surface area contributed by atoms with E-state index in [1.165, 1.54) is 25.1 Å². The third-order valence-corrected chi connectivity index (χ3v) is 4.71. The molecule has 5 heteroatoms. The van der Waals surface area contributed by atoms with Gasteiger partial charge in [0.15, 0.2) is 23.2 Å². The van der Waals surface area contributed by atoms with Gasteiger partial charge in [0.05, 0.1) is 0 Å². The van der Waals surface area contributed by atoms with Crippen LogP contribution in [0, 0.1) is 30.2 Å². The maximum atomic E-state index is 14.4. The molecule has 29 heavy (non-hydrogen) atoms. The van der Waals surface area contributed by atoms with Crippen molar-refractivity contribution in [3.05, 3.63) is 101 Å². The van der Waals surface area contributed by atoms with Crippen molar-refractivity contribution in [2.24, 2.45) is 0 Å². The third-order valence-electron chi connectivity index (χ3n) is 4.71. The normalized spacial score (nSPS) is 10.8. The summed E-state index contributed by atoms with van der Waals surface area (Å²) >= 11 is 0. The highest BCUT2D eigenvalue weighted by atomic mass is 19.2. The fourth-order valence-corrected chi connectivity index (χ4v) is 3.02. The zero-order valence-corrected chi connectivity index (χ0v) is 15.9. The first-order valence-corrected chi connectivity index (χ1v) is 9.17. The average Bonchev–Trinajstić information content (AvgIpc) is 2.73. The van der Waals surface area contributed by atoms with Crippen LogP contribution in [0.5, 0.6) is 5.75 Å². The van der Waals surface area contributed by atoms with Crippen molar-refractivity contribution in [3.63, 3.8) is 0 Å². The van der Waals surface area contributed by atoms with Gasteiger partial charge in [0.1, 0.15) is 6.61 Å². The van der Waals surface area contributed by atoms with Gasteiger partial charge in [-0.1, -0.05) is 49.1 Å². The Morgan fingerprint density at radius 1 is 0.793 bits per heavy atom. The molecular weight excluding hydrogens is 380 g/mol. The molecule has 0 unspecified atom stereocenters. The van der Waals surface area contributed by atoms with E-state index < -0.39 is 23.3 Å². The topological polar surface area (TPSA) is 9.23 Å². The van der Waals surface area contributed by atoms with Crippen molar-refractivity contribution in [2.75, 3.05) is 6.61 Å². The van der Waals surface area contributed by atoms with Gasteiger partial charge in [-0.15, -0.1) is 0 Å². The Bertz CT molecular complexity index is 1030. The van der Waals surface area contributed by atoms with Crippen LogP contribution >= 0.6 is 0 Å². The molecule has 0 amide bonds. The first-order valence-electron chi connectivity index (χ1n) is 9.17. The van der Waals surface area contributed by atoms with Crippen LogP contribution in [0.3, 0.4) is 0 Å². The van der Waals surface area contributed by atoms with Crippen molar-refractivity contribution >= 4 is 0 Å². The minimum Gasteiger partial charge on any atom is -0.486 e. The highest BCUT2D eigenvalue weighted by Crippen LogP contribution is 2.30. The Hall–Kier alpha value is -3.08. The van der Waals surface area contributed by atoms with Crippen molar-refractivity contribution in [3.8, 4) is 16.9 Å². The van der Waals surface area contributed by atoms with Crippen molar-refractivity contribution < 1.29 is 22.3 Å². The number of halogens is 4. The lowest BCUT2D eigenvalue weighted by atomic mass is 9.99. The molecule has 0 bridgehead atoms.